The minimum Gasteiger partial charge on any atom is -0.449 e. The first-order valence-corrected chi connectivity index (χ1v) is 6.26. The maximum Gasteiger partial charge on any atom is 0.293 e. The summed E-state index contributed by atoms with van der Waals surface area (Å²) in [5, 5.41) is 13.9. The lowest BCUT2D eigenvalue weighted by Crippen LogP contribution is -2.12. The van der Waals surface area contributed by atoms with E-state index in [0.29, 0.717) is 18.0 Å². The van der Waals surface area contributed by atoms with Crippen LogP contribution in [0.1, 0.15) is 28.9 Å². The number of anilines is 1. The third-order valence-corrected chi connectivity index (χ3v) is 2.84. The fourth-order valence-corrected chi connectivity index (χ4v) is 1.76. The lowest BCUT2D eigenvalue weighted by molar-refractivity contribution is -0.384. The number of carbonyl (C=O) groups is 1. The molecule has 0 radical (unpaired) electrons. The smallest absolute Gasteiger partial charge is 0.293 e. The zero-order valence-corrected chi connectivity index (χ0v) is 11.3. The number of nitrogens with one attached hydrogen (secondary N) is 1. The highest BCUT2D eigenvalue weighted by molar-refractivity contribution is 5.94. The van der Waals surface area contributed by atoms with Gasteiger partial charge in [0.2, 0.25) is 5.91 Å². The van der Waals surface area contributed by atoms with E-state index in [9.17, 15) is 14.9 Å². The number of nitro benzene ring substituents is 1. The first kappa shape index (κ1) is 14.5. The van der Waals surface area contributed by atoms with E-state index in [4.69, 9.17) is 10.2 Å². The molecule has 1 aromatic heterocycles. The number of aryl methyl sites for hydroxylation is 1. The molecule has 0 bridgehead atoms. The van der Waals surface area contributed by atoms with Crippen LogP contribution < -0.4 is 11.1 Å². The first-order chi connectivity index (χ1) is 10.0. The van der Waals surface area contributed by atoms with Crippen molar-refractivity contribution in [3.63, 3.8) is 0 Å². The fraction of sp³-hybridized carbons (Fsp3) is 0.231. The number of carbonyl (C=O) groups excluding carboxylic acids is 1. The van der Waals surface area contributed by atoms with Gasteiger partial charge in [0.05, 0.1) is 17.2 Å². The fourth-order valence-electron chi connectivity index (χ4n) is 1.76. The van der Waals surface area contributed by atoms with E-state index in [1.807, 2.05) is 6.92 Å². The van der Waals surface area contributed by atoms with Crippen LogP contribution in [0, 0.1) is 10.1 Å². The Balaban J connectivity index is 2.19. The SMILES string of the molecule is CCc1nc(CNc2ccc(C(N)=O)cc2[N+](=O)[O-])co1. The Morgan fingerprint density at radius 3 is 2.86 bits per heavy atom. The summed E-state index contributed by atoms with van der Waals surface area (Å²) in [6.45, 7) is 2.19. The van der Waals surface area contributed by atoms with E-state index in [2.05, 4.69) is 10.3 Å². The molecule has 0 spiro atoms. The minimum absolute atomic E-state index is 0.0851. The van der Waals surface area contributed by atoms with Gasteiger partial charge in [-0.1, -0.05) is 6.92 Å². The van der Waals surface area contributed by atoms with Gasteiger partial charge in [0.25, 0.3) is 5.69 Å². The van der Waals surface area contributed by atoms with Crippen LogP contribution in [0.2, 0.25) is 0 Å². The van der Waals surface area contributed by atoms with Crippen molar-refractivity contribution < 1.29 is 14.1 Å². The molecule has 8 nitrogen and oxygen atoms in total. The number of amides is 1. The monoisotopic (exact) mass is 290 g/mol. The summed E-state index contributed by atoms with van der Waals surface area (Å²) in [7, 11) is 0. The predicted octanol–water partition coefficient (Wildman–Crippen LogP) is 1.86. The van der Waals surface area contributed by atoms with Gasteiger partial charge in [-0.15, -0.1) is 0 Å². The number of hydrogen-bond donors (Lipinski definition) is 2. The molecule has 8 heteroatoms. The Hall–Kier alpha value is -2.90. The molecule has 0 aliphatic rings. The van der Waals surface area contributed by atoms with Gasteiger partial charge in [-0.3, -0.25) is 14.9 Å². The maximum atomic E-state index is 11.1. The van der Waals surface area contributed by atoms with Gasteiger partial charge >= 0.3 is 0 Å². The van der Waals surface area contributed by atoms with Gasteiger partial charge in [0.1, 0.15) is 12.0 Å². The van der Waals surface area contributed by atoms with E-state index in [-0.39, 0.29) is 23.5 Å². The molecule has 2 aromatic rings. The second-order valence-corrected chi connectivity index (χ2v) is 4.29. The highest BCUT2D eigenvalue weighted by Crippen LogP contribution is 2.26. The van der Waals surface area contributed by atoms with Gasteiger partial charge in [0.15, 0.2) is 5.89 Å². The Morgan fingerprint density at radius 2 is 2.29 bits per heavy atom. The summed E-state index contributed by atoms with van der Waals surface area (Å²) in [4.78, 5) is 25.7. The molecule has 1 amide bonds. The van der Waals surface area contributed by atoms with E-state index in [0.717, 1.165) is 6.07 Å². The van der Waals surface area contributed by atoms with Crippen molar-refractivity contribution in [2.45, 2.75) is 19.9 Å². The third-order valence-electron chi connectivity index (χ3n) is 2.84. The number of nitro groups is 1. The molecule has 0 atom stereocenters. The second kappa shape index (κ2) is 6.04. The molecule has 1 aromatic carbocycles. The molecular formula is C13H14N4O4. The zero-order chi connectivity index (χ0) is 15.4. The molecule has 0 aliphatic carbocycles. The third kappa shape index (κ3) is 3.35. The normalized spacial score (nSPS) is 10.3. The Bertz CT molecular complexity index is 681. The summed E-state index contributed by atoms with van der Waals surface area (Å²) >= 11 is 0. The summed E-state index contributed by atoms with van der Waals surface area (Å²) in [5.74, 6) is -0.112. The average Bonchev–Trinajstić information content (AvgIpc) is 2.92. The number of primary amides is 1. The minimum atomic E-state index is -0.714. The van der Waals surface area contributed by atoms with Crippen molar-refractivity contribution in [2.24, 2.45) is 5.73 Å². The van der Waals surface area contributed by atoms with Crippen LogP contribution in [0.3, 0.4) is 0 Å². The summed E-state index contributed by atoms with van der Waals surface area (Å²) in [6, 6.07) is 4.02. The maximum absolute atomic E-state index is 11.1. The standard InChI is InChI=1S/C13H14N4O4/c1-2-12-16-9(7-21-12)6-15-10-4-3-8(13(14)18)5-11(10)17(19)20/h3-5,7,15H,2,6H2,1H3,(H2,14,18). The molecule has 0 aliphatic heterocycles. The van der Waals surface area contributed by atoms with Crippen LogP contribution in [0.4, 0.5) is 11.4 Å². The molecule has 110 valence electrons. The van der Waals surface area contributed by atoms with Gasteiger partial charge in [-0.25, -0.2) is 4.98 Å². The van der Waals surface area contributed by atoms with Crippen molar-refractivity contribution in [2.75, 3.05) is 5.32 Å². The number of nitrogens with two attached hydrogens (primary N) is 1. The van der Waals surface area contributed by atoms with E-state index in [1.165, 1.54) is 18.4 Å². The van der Waals surface area contributed by atoms with Crippen molar-refractivity contribution in [3.05, 3.63) is 51.7 Å². The van der Waals surface area contributed by atoms with Gasteiger partial charge in [-0.2, -0.15) is 0 Å². The Morgan fingerprint density at radius 1 is 1.52 bits per heavy atom. The van der Waals surface area contributed by atoms with Gasteiger partial charge in [0, 0.05) is 18.1 Å². The highest BCUT2D eigenvalue weighted by atomic mass is 16.6. The lowest BCUT2D eigenvalue weighted by Gasteiger charge is -2.06. The first-order valence-electron chi connectivity index (χ1n) is 6.26. The van der Waals surface area contributed by atoms with Crippen LogP contribution in [-0.4, -0.2) is 15.8 Å². The van der Waals surface area contributed by atoms with Crippen molar-refractivity contribution >= 4 is 17.3 Å². The highest BCUT2D eigenvalue weighted by Gasteiger charge is 2.16. The number of oxazole rings is 1. The van der Waals surface area contributed by atoms with Crippen molar-refractivity contribution in [3.8, 4) is 0 Å². The second-order valence-electron chi connectivity index (χ2n) is 4.29. The quantitative estimate of drug-likeness (QED) is 0.618. The number of nitrogens with zero attached hydrogens (tertiary/aromatic N) is 2. The van der Waals surface area contributed by atoms with Crippen LogP contribution >= 0.6 is 0 Å². The molecule has 0 fully saturated rings. The number of rotatable bonds is 6. The van der Waals surface area contributed by atoms with E-state index >= 15 is 0 Å². The van der Waals surface area contributed by atoms with Gasteiger partial charge in [-0.05, 0) is 12.1 Å². The number of benzene rings is 1. The van der Waals surface area contributed by atoms with Gasteiger partial charge < -0.3 is 15.5 Å². The summed E-state index contributed by atoms with van der Waals surface area (Å²) in [6.07, 6.45) is 2.17. The molecule has 3 N–H and O–H groups in total. The van der Waals surface area contributed by atoms with Crippen LogP contribution in [-0.2, 0) is 13.0 Å². The zero-order valence-electron chi connectivity index (χ0n) is 11.3. The Labute approximate surface area is 120 Å². The number of aromatic nitrogens is 1. The largest absolute Gasteiger partial charge is 0.449 e. The van der Waals surface area contributed by atoms with Crippen LogP contribution in [0.5, 0.6) is 0 Å². The topological polar surface area (TPSA) is 124 Å². The van der Waals surface area contributed by atoms with Crippen LogP contribution in [0.25, 0.3) is 0 Å². The lowest BCUT2D eigenvalue weighted by atomic mass is 10.1. The molecule has 2 rings (SSSR count). The molecule has 1 heterocycles. The average molecular weight is 290 g/mol. The predicted molar refractivity (Wildman–Crippen MR) is 74.8 cm³/mol. The van der Waals surface area contributed by atoms with Crippen molar-refractivity contribution in [1.29, 1.82) is 0 Å². The molecular weight excluding hydrogens is 276 g/mol. The van der Waals surface area contributed by atoms with E-state index in [1.54, 1.807) is 0 Å². The molecule has 21 heavy (non-hydrogen) atoms. The molecule has 0 saturated carbocycles. The van der Waals surface area contributed by atoms with Crippen LogP contribution in [0.15, 0.2) is 28.9 Å². The van der Waals surface area contributed by atoms with Crippen molar-refractivity contribution in [1.82, 2.24) is 4.98 Å². The summed E-state index contributed by atoms with van der Waals surface area (Å²) in [5.41, 5.74) is 5.90. The molecule has 0 unspecified atom stereocenters. The summed E-state index contributed by atoms with van der Waals surface area (Å²) < 4.78 is 5.18. The molecule has 0 saturated heterocycles. The Kier molecular flexibility index (Phi) is 4.17. The number of hydrogen-bond acceptors (Lipinski definition) is 6. The van der Waals surface area contributed by atoms with E-state index < -0.39 is 10.8 Å².